The molecule has 0 atom stereocenters. The summed E-state index contributed by atoms with van der Waals surface area (Å²) in [6, 6.07) is 12.1. The molecule has 0 bridgehead atoms. The van der Waals surface area contributed by atoms with Crippen LogP contribution in [-0.4, -0.2) is 64.4 Å². The highest BCUT2D eigenvalue weighted by Gasteiger charge is 2.26. The Labute approximate surface area is 184 Å². The first-order valence-corrected chi connectivity index (χ1v) is 11.5. The predicted molar refractivity (Wildman–Crippen MR) is 113 cm³/mol. The summed E-state index contributed by atoms with van der Waals surface area (Å²) >= 11 is 0. The molecule has 1 aliphatic rings. The molecule has 1 aliphatic heterocycles. The topological polar surface area (TPSA) is 124 Å². The number of nitrogens with zero attached hydrogens (tertiary/aromatic N) is 5. The van der Waals surface area contributed by atoms with E-state index < -0.39 is 28.4 Å². The minimum Gasteiger partial charge on any atom is -0.454 e. The molecule has 4 rings (SSSR count). The maximum Gasteiger partial charge on any atom is 0.338 e. The monoisotopic (exact) mass is 455 g/mol. The van der Waals surface area contributed by atoms with Gasteiger partial charge in [0.2, 0.25) is 10.0 Å². The van der Waals surface area contributed by atoms with Crippen LogP contribution >= 0.6 is 0 Å². The molecule has 0 N–H and O–H groups in total. The Morgan fingerprint density at radius 1 is 0.906 bits per heavy atom. The van der Waals surface area contributed by atoms with E-state index in [9.17, 15) is 18.0 Å². The van der Waals surface area contributed by atoms with E-state index in [0.717, 1.165) is 19.3 Å². The molecule has 10 nitrogen and oxygen atoms in total. The number of sulfonamides is 1. The maximum absolute atomic E-state index is 12.7. The van der Waals surface area contributed by atoms with Gasteiger partial charge in [-0.15, -0.1) is 5.10 Å². The van der Waals surface area contributed by atoms with Gasteiger partial charge in [-0.2, -0.15) is 4.31 Å². The number of ether oxygens (including phenoxy) is 1. The summed E-state index contributed by atoms with van der Waals surface area (Å²) < 4.78 is 33.4. The highest BCUT2D eigenvalue weighted by atomic mass is 32.2. The van der Waals surface area contributed by atoms with Crippen LogP contribution in [0.3, 0.4) is 0 Å². The molecule has 1 saturated heterocycles. The van der Waals surface area contributed by atoms with E-state index in [4.69, 9.17) is 4.74 Å². The van der Waals surface area contributed by atoms with Crippen LogP contribution in [0, 0.1) is 0 Å². The van der Waals surface area contributed by atoms with Gasteiger partial charge in [0.05, 0.1) is 16.1 Å². The minimum absolute atomic E-state index is 0.149. The van der Waals surface area contributed by atoms with Gasteiger partial charge in [-0.3, -0.25) is 4.79 Å². The summed E-state index contributed by atoms with van der Waals surface area (Å²) in [6.45, 7) is 0.567. The van der Waals surface area contributed by atoms with Gasteiger partial charge in [-0.05, 0) is 71.8 Å². The van der Waals surface area contributed by atoms with Crippen molar-refractivity contribution < 1.29 is 22.7 Å². The molecule has 32 heavy (non-hydrogen) atoms. The number of tetrazole rings is 1. The second-order valence-corrected chi connectivity index (χ2v) is 9.23. The number of aromatic nitrogens is 4. The summed E-state index contributed by atoms with van der Waals surface area (Å²) in [5, 5.41) is 10.8. The van der Waals surface area contributed by atoms with Gasteiger partial charge in [0.15, 0.2) is 12.4 Å². The smallest absolute Gasteiger partial charge is 0.338 e. The molecule has 0 aliphatic carbocycles. The van der Waals surface area contributed by atoms with Gasteiger partial charge in [-0.1, -0.05) is 6.42 Å². The van der Waals surface area contributed by atoms with E-state index in [-0.39, 0.29) is 16.0 Å². The largest absolute Gasteiger partial charge is 0.454 e. The minimum atomic E-state index is -3.56. The van der Waals surface area contributed by atoms with Crippen molar-refractivity contribution in [2.75, 3.05) is 19.7 Å². The number of Topliss-reactive ketones (excluding diaryl/α,β-unsaturated/α-hetero) is 1. The first-order chi connectivity index (χ1) is 15.4. The first kappa shape index (κ1) is 21.8. The summed E-state index contributed by atoms with van der Waals surface area (Å²) in [7, 11) is -3.56. The van der Waals surface area contributed by atoms with Crippen LogP contribution in [0.5, 0.6) is 0 Å². The fraction of sp³-hybridized carbons (Fsp3) is 0.286. The van der Waals surface area contributed by atoms with Crippen LogP contribution in [0.1, 0.15) is 40.0 Å². The van der Waals surface area contributed by atoms with Crippen molar-refractivity contribution in [2.45, 2.75) is 24.2 Å². The second-order valence-electron chi connectivity index (χ2n) is 7.29. The number of hydrogen-bond acceptors (Lipinski definition) is 8. The number of hydrogen-bond donors (Lipinski definition) is 0. The average Bonchev–Trinajstić information content (AvgIpc) is 3.38. The zero-order chi connectivity index (χ0) is 22.6. The number of ketones is 1. The van der Waals surface area contributed by atoms with Crippen LogP contribution in [0.4, 0.5) is 0 Å². The molecule has 0 unspecified atom stereocenters. The van der Waals surface area contributed by atoms with Crippen molar-refractivity contribution >= 4 is 21.8 Å². The molecule has 1 fully saturated rings. The molecular weight excluding hydrogens is 434 g/mol. The zero-order valence-corrected chi connectivity index (χ0v) is 17.9. The molecule has 1 aromatic heterocycles. The van der Waals surface area contributed by atoms with Crippen LogP contribution < -0.4 is 0 Å². The normalized spacial score (nSPS) is 14.8. The van der Waals surface area contributed by atoms with Crippen molar-refractivity contribution in [1.82, 2.24) is 24.5 Å². The van der Waals surface area contributed by atoms with E-state index in [1.165, 1.54) is 39.6 Å². The Kier molecular flexibility index (Phi) is 6.37. The van der Waals surface area contributed by atoms with E-state index in [1.54, 1.807) is 24.3 Å². The summed E-state index contributed by atoms with van der Waals surface area (Å²) in [5.74, 6) is -1.07. The van der Waals surface area contributed by atoms with Gasteiger partial charge >= 0.3 is 5.97 Å². The number of carbonyl (C=O) groups is 2. The molecule has 0 saturated carbocycles. The highest BCUT2D eigenvalue weighted by Crippen LogP contribution is 2.21. The molecule has 11 heteroatoms. The van der Waals surface area contributed by atoms with Gasteiger partial charge in [0, 0.05) is 18.7 Å². The predicted octanol–water partition coefficient (Wildman–Crippen LogP) is 1.88. The zero-order valence-electron chi connectivity index (χ0n) is 17.1. The Bertz CT molecular complexity index is 1190. The Hall–Kier alpha value is -3.44. The van der Waals surface area contributed by atoms with Crippen molar-refractivity contribution in [3.63, 3.8) is 0 Å². The summed E-state index contributed by atoms with van der Waals surface area (Å²) in [5.41, 5.74) is 1.21. The lowest BCUT2D eigenvalue weighted by Crippen LogP contribution is -2.35. The fourth-order valence-corrected chi connectivity index (χ4v) is 4.91. The Morgan fingerprint density at radius 2 is 1.56 bits per heavy atom. The van der Waals surface area contributed by atoms with Crippen molar-refractivity contribution in [3.8, 4) is 5.69 Å². The van der Waals surface area contributed by atoms with Gasteiger partial charge in [0.1, 0.15) is 6.33 Å². The molecular formula is C21H21N5O5S. The van der Waals surface area contributed by atoms with Crippen LogP contribution in [-0.2, 0) is 14.8 Å². The number of carbonyl (C=O) groups excluding carboxylic acids is 2. The number of piperidine rings is 1. The van der Waals surface area contributed by atoms with Crippen LogP contribution in [0.25, 0.3) is 5.69 Å². The van der Waals surface area contributed by atoms with Crippen molar-refractivity contribution in [1.29, 1.82) is 0 Å². The Morgan fingerprint density at radius 3 is 2.19 bits per heavy atom. The first-order valence-electron chi connectivity index (χ1n) is 10.1. The highest BCUT2D eigenvalue weighted by molar-refractivity contribution is 7.89. The third-order valence-electron chi connectivity index (χ3n) is 5.18. The molecule has 3 aromatic rings. The quantitative estimate of drug-likeness (QED) is 0.391. The molecule has 2 heterocycles. The lowest BCUT2D eigenvalue weighted by atomic mass is 10.1. The SMILES string of the molecule is O=C(COC(=O)c1ccc(-n2cnnn2)cc1)c1ccc(S(=O)(=O)N2CCCCC2)cc1. The van der Waals surface area contributed by atoms with Crippen LogP contribution in [0.15, 0.2) is 59.8 Å². The van der Waals surface area contributed by atoms with Crippen molar-refractivity contribution in [3.05, 3.63) is 66.0 Å². The number of benzene rings is 2. The third-order valence-corrected chi connectivity index (χ3v) is 7.09. The van der Waals surface area contributed by atoms with E-state index >= 15 is 0 Å². The maximum atomic E-state index is 12.7. The van der Waals surface area contributed by atoms with E-state index in [1.807, 2.05) is 0 Å². The third kappa shape index (κ3) is 4.73. The molecule has 2 aromatic carbocycles. The average molecular weight is 455 g/mol. The molecule has 166 valence electrons. The van der Waals surface area contributed by atoms with Gasteiger partial charge in [-0.25, -0.2) is 17.9 Å². The number of rotatable bonds is 7. The van der Waals surface area contributed by atoms with Crippen LogP contribution in [0.2, 0.25) is 0 Å². The molecule has 0 amide bonds. The molecule has 0 radical (unpaired) electrons. The van der Waals surface area contributed by atoms with Gasteiger partial charge in [0.25, 0.3) is 0 Å². The van der Waals surface area contributed by atoms with E-state index in [0.29, 0.717) is 18.8 Å². The fourth-order valence-electron chi connectivity index (χ4n) is 3.39. The lowest BCUT2D eigenvalue weighted by Gasteiger charge is -2.25. The standard InChI is InChI=1S/C21H21N5O5S/c27-20(14-31-21(28)17-4-8-18(9-5-17)26-15-22-23-24-26)16-6-10-19(11-7-16)32(29,30)25-12-2-1-3-13-25/h4-11,15H,1-3,12-14H2. The molecule has 0 spiro atoms. The lowest BCUT2D eigenvalue weighted by molar-refractivity contribution is 0.0475. The summed E-state index contributed by atoms with van der Waals surface area (Å²) in [6.07, 6.45) is 4.15. The second kappa shape index (κ2) is 9.37. The van der Waals surface area contributed by atoms with E-state index in [2.05, 4.69) is 15.5 Å². The van der Waals surface area contributed by atoms with Crippen molar-refractivity contribution in [2.24, 2.45) is 0 Å². The van der Waals surface area contributed by atoms with Gasteiger partial charge < -0.3 is 4.74 Å². The number of esters is 1. The Balaban J connectivity index is 1.35. The summed E-state index contributed by atoms with van der Waals surface area (Å²) in [4.78, 5) is 24.8.